The van der Waals surface area contributed by atoms with Gasteiger partial charge in [-0.1, -0.05) is 47.6 Å². The zero-order chi connectivity index (χ0) is 15.6. The molecule has 1 saturated carbocycles. The molecule has 1 aromatic heterocycles. The van der Waals surface area contributed by atoms with Gasteiger partial charge in [0.1, 0.15) is 5.69 Å². The predicted octanol–water partition coefficient (Wildman–Crippen LogP) is 3.42. The first-order chi connectivity index (χ1) is 9.91. The quantitative estimate of drug-likeness (QED) is 0.874. The van der Waals surface area contributed by atoms with Crippen molar-refractivity contribution in [3.8, 4) is 0 Å². The minimum Gasteiger partial charge on any atom is -0.481 e. The Bertz CT molecular complexity index is 580. The second-order valence-electron chi connectivity index (χ2n) is 4.89. The zero-order valence-corrected chi connectivity index (χ0v) is 13.2. The molecule has 0 bridgehead atoms. The first kappa shape index (κ1) is 16.3. The molecule has 0 aromatic carbocycles. The van der Waals surface area contributed by atoms with E-state index in [0.717, 1.165) is 12.8 Å². The highest BCUT2D eigenvalue weighted by molar-refractivity contribution is 6.48. The van der Waals surface area contributed by atoms with E-state index in [9.17, 15) is 14.7 Å². The molecular weight excluding hydrogens is 339 g/mol. The second-order valence-corrected chi connectivity index (χ2v) is 6.05. The molecule has 1 aromatic rings. The molecule has 2 atom stereocenters. The highest BCUT2D eigenvalue weighted by atomic mass is 35.5. The fraction of sp³-hybridized carbons (Fsp3) is 0.462. The summed E-state index contributed by atoms with van der Waals surface area (Å²) in [7, 11) is 0. The van der Waals surface area contributed by atoms with Crippen molar-refractivity contribution in [2.45, 2.75) is 31.7 Å². The number of halogens is 3. The van der Waals surface area contributed by atoms with Crippen LogP contribution >= 0.6 is 34.8 Å². The van der Waals surface area contributed by atoms with Crippen molar-refractivity contribution in [2.75, 3.05) is 0 Å². The Morgan fingerprint density at radius 3 is 2.52 bits per heavy atom. The van der Waals surface area contributed by atoms with Gasteiger partial charge in [0.05, 0.1) is 21.0 Å². The van der Waals surface area contributed by atoms with Crippen molar-refractivity contribution in [3.63, 3.8) is 0 Å². The third-order valence-corrected chi connectivity index (χ3v) is 4.77. The molecule has 2 N–H and O–H groups in total. The third kappa shape index (κ3) is 3.59. The average molecular weight is 352 g/mol. The molecule has 1 amide bonds. The monoisotopic (exact) mass is 350 g/mol. The number of carboxylic acids is 1. The van der Waals surface area contributed by atoms with Crippen LogP contribution in [0.1, 0.15) is 36.2 Å². The van der Waals surface area contributed by atoms with Gasteiger partial charge in [0, 0.05) is 12.2 Å². The minimum absolute atomic E-state index is 0.0376. The SMILES string of the molecule is O=C(NC1CCCCC1C(=O)O)c1ncc(Cl)c(Cl)c1Cl. The van der Waals surface area contributed by atoms with E-state index in [-0.39, 0.29) is 20.8 Å². The summed E-state index contributed by atoms with van der Waals surface area (Å²) in [6, 6.07) is -0.434. The van der Waals surface area contributed by atoms with Gasteiger partial charge in [-0.3, -0.25) is 9.59 Å². The highest BCUT2D eigenvalue weighted by Gasteiger charge is 2.32. The first-order valence-corrected chi connectivity index (χ1v) is 7.58. The molecule has 114 valence electrons. The molecule has 1 aliphatic rings. The number of aromatic nitrogens is 1. The minimum atomic E-state index is -0.909. The Kier molecular flexibility index (Phi) is 5.30. The molecule has 21 heavy (non-hydrogen) atoms. The maximum absolute atomic E-state index is 12.2. The van der Waals surface area contributed by atoms with Crippen molar-refractivity contribution < 1.29 is 14.7 Å². The lowest BCUT2D eigenvalue weighted by atomic mass is 9.84. The Balaban J connectivity index is 2.17. The van der Waals surface area contributed by atoms with Crippen molar-refractivity contribution in [3.05, 3.63) is 27.0 Å². The van der Waals surface area contributed by atoms with E-state index in [2.05, 4.69) is 10.3 Å². The molecular formula is C13H13Cl3N2O3. The average Bonchev–Trinajstić information content (AvgIpc) is 2.45. The lowest BCUT2D eigenvalue weighted by molar-refractivity contribution is -0.143. The molecule has 0 saturated heterocycles. The van der Waals surface area contributed by atoms with Crippen LogP contribution in [0.25, 0.3) is 0 Å². The van der Waals surface area contributed by atoms with Crippen LogP contribution in [0.15, 0.2) is 6.20 Å². The normalized spacial score (nSPS) is 21.9. The smallest absolute Gasteiger partial charge is 0.308 e. The van der Waals surface area contributed by atoms with E-state index in [1.54, 1.807) is 0 Å². The van der Waals surface area contributed by atoms with Crippen molar-refractivity contribution in [1.29, 1.82) is 0 Å². The number of pyridine rings is 1. The van der Waals surface area contributed by atoms with E-state index in [1.807, 2.05) is 0 Å². The van der Waals surface area contributed by atoms with Crippen LogP contribution in [-0.4, -0.2) is 28.0 Å². The van der Waals surface area contributed by atoms with Gasteiger partial charge in [-0.2, -0.15) is 0 Å². The van der Waals surface area contributed by atoms with Crippen LogP contribution in [0.4, 0.5) is 0 Å². The summed E-state index contributed by atoms with van der Waals surface area (Å²) in [5.74, 6) is -2.05. The van der Waals surface area contributed by atoms with Crippen molar-refractivity contribution in [2.24, 2.45) is 5.92 Å². The van der Waals surface area contributed by atoms with Gasteiger partial charge in [0.25, 0.3) is 5.91 Å². The van der Waals surface area contributed by atoms with E-state index in [0.29, 0.717) is 12.8 Å². The maximum Gasteiger partial charge on any atom is 0.308 e. The molecule has 2 rings (SSSR count). The summed E-state index contributed by atoms with van der Waals surface area (Å²) in [6.07, 6.45) is 4.11. The van der Waals surface area contributed by atoms with Gasteiger partial charge in [-0.15, -0.1) is 0 Å². The van der Waals surface area contributed by atoms with Crippen LogP contribution in [0.5, 0.6) is 0 Å². The van der Waals surface area contributed by atoms with Gasteiger partial charge in [0.15, 0.2) is 0 Å². The topological polar surface area (TPSA) is 79.3 Å². The largest absolute Gasteiger partial charge is 0.481 e. The number of carbonyl (C=O) groups is 2. The summed E-state index contributed by atoms with van der Waals surface area (Å²) in [4.78, 5) is 27.3. The van der Waals surface area contributed by atoms with Crippen LogP contribution in [0.2, 0.25) is 15.1 Å². The number of carboxylic acid groups (broad SMARTS) is 1. The summed E-state index contributed by atoms with van der Waals surface area (Å²) in [5, 5.41) is 12.0. The fourth-order valence-electron chi connectivity index (χ4n) is 2.44. The highest BCUT2D eigenvalue weighted by Crippen LogP contribution is 2.31. The predicted molar refractivity (Wildman–Crippen MR) is 80.1 cm³/mol. The Morgan fingerprint density at radius 2 is 1.86 bits per heavy atom. The number of carbonyl (C=O) groups excluding carboxylic acids is 1. The molecule has 1 heterocycles. The number of hydrogen-bond donors (Lipinski definition) is 2. The van der Waals surface area contributed by atoms with Crippen LogP contribution < -0.4 is 5.32 Å². The molecule has 0 spiro atoms. The fourth-order valence-corrected chi connectivity index (χ4v) is 3.00. The Hall–Kier alpha value is -1.04. The van der Waals surface area contributed by atoms with Crippen LogP contribution in [0.3, 0.4) is 0 Å². The lowest BCUT2D eigenvalue weighted by Crippen LogP contribution is -2.45. The van der Waals surface area contributed by atoms with Crippen molar-refractivity contribution >= 4 is 46.7 Å². The molecule has 5 nitrogen and oxygen atoms in total. The third-order valence-electron chi connectivity index (χ3n) is 3.53. The molecule has 8 heteroatoms. The number of nitrogens with zero attached hydrogens (tertiary/aromatic N) is 1. The molecule has 1 aliphatic carbocycles. The number of rotatable bonds is 3. The molecule has 0 aliphatic heterocycles. The molecule has 2 unspecified atom stereocenters. The van der Waals surface area contributed by atoms with E-state index < -0.39 is 23.8 Å². The van der Waals surface area contributed by atoms with Gasteiger partial charge in [0.2, 0.25) is 0 Å². The van der Waals surface area contributed by atoms with Crippen molar-refractivity contribution in [1.82, 2.24) is 10.3 Å². The molecule has 0 radical (unpaired) electrons. The van der Waals surface area contributed by atoms with E-state index in [4.69, 9.17) is 34.8 Å². The number of hydrogen-bond acceptors (Lipinski definition) is 3. The number of aliphatic carboxylic acids is 1. The van der Waals surface area contributed by atoms with E-state index in [1.165, 1.54) is 6.20 Å². The molecule has 1 fully saturated rings. The van der Waals surface area contributed by atoms with Crippen LogP contribution in [-0.2, 0) is 4.79 Å². The standard InChI is InChI=1S/C13H13Cl3N2O3/c14-7-5-17-11(10(16)9(7)15)12(19)18-8-4-2-1-3-6(8)13(20)21/h5-6,8H,1-4H2,(H,18,19)(H,20,21). The Labute approximate surface area is 136 Å². The van der Waals surface area contributed by atoms with Gasteiger partial charge in [-0.05, 0) is 12.8 Å². The first-order valence-electron chi connectivity index (χ1n) is 6.45. The van der Waals surface area contributed by atoms with Gasteiger partial charge < -0.3 is 10.4 Å². The van der Waals surface area contributed by atoms with E-state index >= 15 is 0 Å². The lowest BCUT2D eigenvalue weighted by Gasteiger charge is -2.29. The summed E-state index contributed by atoms with van der Waals surface area (Å²) >= 11 is 17.6. The summed E-state index contributed by atoms with van der Waals surface area (Å²) in [6.45, 7) is 0. The number of amides is 1. The van der Waals surface area contributed by atoms with Gasteiger partial charge >= 0.3 is 5.97 Å². The summed E-state index contributed by atoms with van der Waals surface area (Å²) in [5.41, 5.74) is -0.0548. The zero-order valence-electron chi connectivity index (χ0n) is 10.9. The second kappa shape index (κ2) is 6.81. The van der Waals surface area contributed by atoms with Gasteiger partial charge in [-0.25, -0.2) is 4.98 Å². The number of nitrogens with one attached hydrogen (secondary N) is 1. The summed E-state index contributed by atoms with van der Waals surface area (Å²) < 4.78 is 0. The maximum atomic E-state index is 12.2. The van der Waals surface area contributed by atoms with Crippen LogP contribution in [0, 0.1) is 5.92 Å². The Morgan fingerprint density at radius 1 is 1.19 bits per heavy atom.